The van der Waals surface area contributed by atoms with E-state index >= 15 is 0 Å². The summed E-state index contributed by atoms with van der Waals surface area (Å²) in [6, 6.07) is 7.83. The molecule has 154 valence electrons. The quantitative estimate of drug-likeness (QED) is 0.267. The maximum absolute atomic E-state index is 11.7. The molecule has 6 nitrogen and oxygen atoms in total. The fourth-order valence-corrected chi connectivity index (χ4v) is 3.19. The fraction of sp³-hybridized carbons (Fsp3) is 0.450. The lowest BCUT2D eigenvalue weighted by Crippen LogP contribution is -2.38. The Morgan fingerprint density at radius 1 is 1.25 bits per heavy atom. The average Bonchev–Trinajstić information content (AvgIpc) is 3.05. The molecule has 3 N–H and O–H groups in total. The van der Waals surface area contributed by atoms with E-state index in [9.17, 15) is 4.79 Å². The van der Waals surface area contributed by atoms with Crippen molar-refractivity contribution in [1.29, 1.82) is 0 Å². The summed E-state index contributed by atoms with van der Waals surface area (Å²) in [5, 5.41) is 12.7. The number of halogens is 1. The van der Waals surface area contributed by atoms with Gasteiger partial charge in [-0.05, 0) is 38.0 Å². The number of aromatic nitrogens is 1. The van der Waals surface area contributed by atoms with Crippen LogP contribution in [-0.2, 0) is 17.8 Å². The standard InChI is InChI=1S/C20H29N5OS.HI/c1-4-7-19(26)25-17-9-6-8-16(12-17)13-23-20(21-5-2)22-11-10-18-14-27-15(3)24-18;/h6,8-9,12,14H,4-5,7,10-11,13H2,1-3H3,(H,25,26)(H2,21,22,23);1H. The first-order valence-electron chi connectivity index (χ1n) is 9.42. The maximum Gasteiger partial charge on any atom is 0.224 e. The predicted molar refractivity (Wildman–Crippen MR) is 129 cm³/mol. The molecule has 0 bridgehead atoms. The van der Waals surface area contributed by atoms with Gasteiger partial charge in [0.25, 0.3) is 0 Å². The van der Waals surface area contributed by atoms with E-state index in [4.69, 9.17) is 0 Å². The van der Waals surface area contributed by atoms with Crippen molar-refractivity contribution in [1.82, 2.24) is 15.6 Å². The lowest BCUT2D eigenvalue weighted by molar-refractivity contribution is -0.116. The number of hydrogen-bond acceptors (Lipinski definition) is 4. The molecule has 28 heavy (non-hydrogen) atoms. The zero-order valence-corrected chi connectivity index (χ0v) is 19.9. The summed E-state index contributed by atoms with van der Waals surface area (Å²) in [6.45, 7) is 8.19. The number of benzene rings is 1. The van der Waals surface area contributed by atoms with E-state index in [1.807, 2.05) is 45.0 Å². The maximum atomic E-state index is 11.7. The molecule has 0 spiro atoms. The molecule has 0 atom stereocenters. The van der Waals surface area contributed by atoms with Gasteiger partial charge in [-0.3, -0.25) is 4.79 Å². The second-order valence-electron chi connectivity index (χ2n) is 6.23. The van der Waals surface area contributed by atoms with Gasteiger partial charge in [-0.15, -0.1) is 35.3 Å². The SMILES string of the molecule is CCCC(=O)Nc1cccc(CN=C(NCC)NCCc2csc(C)n2)c1.I. The zero-order valence-electron chi connectivity index (χ0n) is 16.7. The topological polar surface area (TPSA) is 78.4 Å². The number of carbonyl (C=O) groups excluding carboxylic acids is 1. The number of aryl methyl sites for hydroxylation is 1. The van der Waals surface area contributed by atoms with Gasteiger partial charge in [-0.25, -0.2) is 9.98 Å². The third kappa shape index (κ3) is 9.01. The van der Waals surface area contributed by atoms with Gasteiger partial charge in [0.1, 0.15) is 0 Å². The van der Waals surface area contributed by atoms with Gasteiger partial charge in [0.05, 0.1) is 17.2 Å². The summed E-state index contributed by atoms with van der Waals surface area (Å²) in [5.41, 5.74) is 2.98. The number of hydrogen-bond donors (Lipinski definition) is 3. The van der Waals surface area contributed by atoms with Crippen LogP contribution >= 0.6 is 35.3 Å². The van der Waals surface area contributed by atoms with Gasteiger partial charge >= 0.3 is 0 Å². The Labute approximate surface area is 188 Å². The third-order valence-corrected chi connectivity index (χ3v) is 4.61. The van der Waals surface area contributed by atoms with Gasteiger partial charge < -0.3 is 16.0 Å². The van der Waals surface area contributed by atoms with Gasteiger partial charge in [0, 0.05) is 37.0 Å². The normalized spacial score (nSPS) is 10.9. The van der Waals surface area contributed by atoms with Gasteiger partial charge in [-0.1, -0.05) is 19.1 Å². The molecule has 0 aliphatic carbocycles. The summed E-state index contributed by atoms with van der Waals surface area (Å²) in [5.74, 6) is 0.829. The molecule has 1 amide bonds. The summed E-state index contributed by atoms with van der Waals surface area (Å²) >= 11 is 1.67. The smallest absolute Gasteiger partial charge is 0.224 e. The van der Waals surface area contributed by atoms with Crippen LogP contribution < -0.4 is 16.0 Å². The monoisotopic (exact) mass is 515 g/mol. The number of nitrogens with zero attached hydrogens (tertiary/aromatic N) is 2. The molecule has 0 saturated carbocycles. The predicted octanol–water partition coefficient (Wildman–Crippen LogP) is 4.11. The van der Waals surface area contributed by atoms with Crippen LogP contribution in [0.2, 0.25) is 0 Å². The highest BCUT2D eigenvalue weighted by molar-refractivity contribution is 14.0. The van der Waals surface area contributed by atoms with Crippen LogP contribution in [0.1, 0.15) is 43.0 Å². The molecule has 2 rings (SSSR count). The van der Waals surface area contributed by atoms with E-state index in [0.29, 0.717) is 13.0 Å². The highest BCUT2D eigenvalue weighted by atomic mass is 127. The second-order valence-corrected chi connectivity index (χ2v) is 7.29. The summed E-state index contributed by atoms with van der Waals surface area (Å²) in [6.07, 6.45) is 2.25. The van der Waals surface area contributed by atoms with E-state index in [-0.39, 0.29) is 29.9 Å². The molecule has 0 fully saturated rings. The van der Waals surface area contributed by atoms with Crippen molar-refractivity contribution in [2.75, 3.05) is 18.4 Å². The summed E-state index contributed by atoms with van der Waals surface area (Å²) in [4.78, 5) is 20.9. The van der Waals surface area contributed by atoms with Crippen LogP contribution in [0.15, 0.2) is 34.6 Å². The van der Waals surface area contributed by atoms with Gasteiger partial charge in [-0.2, -0.15) is 0 Å². The number of thiazole rings is 1. The largest absolute Gasteiger partial charge is 0.357 e. The van der Waals surface area contributed by atoms with E-state index in [2.05, 4.69) is 31.3 Å². The van der Waals surface area contributed by atoms with Crippen LogP contribution in [-0.4, -0.2) is 29.9 Å². The minimum absolute atomic E-state index is 0. The van der Waals surface area contributed by atoms with Crippen molar-refractivity contribution in [3.05, 3.63) is 45.9 Å². The van der Waals surface area contributed by atoms with Gasteiger partial charge in [0.2, 0.25) is 5.91 Å². The number of amides is 1. The number of aliphatic imine (C=N–C) groups is 1. The zero-order chi connectivity index (χ0) is 19.5. The van der Waals surface area contributed by atoms with Crippen molar-refractivity contribution in [3.8, 4) is 0 Å². The lowest BCUT2D eigenvalue weighted by atomic mass is 10.2. The molecule has 0 aliphatic heterocycles. The Bertz CT molecular complexity index is 763. The minimum atomic E-state index is 0. The summed E-state index contributed by atoms with van der Waals surface area (Å²) in [7, 11) is 0. The number of carbonyl (C=O) groups is 1. The fourth-order valence-electron chi connectivity index (χ4n) is 2.54. The van der Waals surface area contributed by atoms with Crippen molar-refractivity contribution in [3.63, 3.8) is 0 Å². The number of nitrogens with one attached hydrogen (secondary N) is 3. The van der Waals surface area contributed by atoms with Gasteiger partial charge in [0.15, 0.2) is 5.96 Å². The average molecular weight is 515 g/mol. The van der Waals surface area contributed by atoms with E-state index < -0.39 is 0 Å². The Morgan fingerprint density at radius 3 is 2.75 bits per heavy atom. The highest BCUT2D eigenvalue weighted by Gasteiger charge is 2.03. The molecule has 1 heterocycles. The molecule has 0 unspecified atom stereocenters. The van der Waals surface area contributed by atoms with Crippen LogP contribution in [0.25, 0.3) is 0 Å². The molecule has 0 aliphatic rings. The first kappa shape index (κ1) is 24.4. The van der Waals surface area contributed by atoms with Crippen molar-refractivity contribution in [2.45, 2.75) is 46.6 Å². The first-order chi connectivity index (χ1) is 13.1. The number of anilines is 1. The molecular formula is C20H30IN5OS. The molecule has 0 radical (unpaired) electrons. The van der Waals surface area contributed by atoms with Crippen LogP contribution in [0.4, 0.5) is 5.69 Å². The number of guanidine groups is 1. The molecule has 2 aromatic rings. The number of rotatable bonds is 9. The van der Waals surface area contributed by atoms with Crippen LogP contribution in [0.3, 0.4) is 0 Å². The Kier molecular flexibility index (Phi) is 11.7. The van der Waals surface area contributed by atoms with E-state index in [1.54, 1.807) is 11.3 Å². The molecule has 8 heteroatoms. The first-order valence-corrected chi connectivity index (χ1v) is 10.3. The Morgan fingerprint density at radius 2 is 2.07 bits per heavy atom. The van der Waals surface area contributed by atoms with Crippen LogP contribution in [0.5, 0.6) is 0 Å². The molecule has 1 aromatic heterocycles. The van der Waals surface area contributed by atoms with Crippen molar-refractivity contribution >= 4 is 52.9 Å². The lowest BCUT2D eigenvalue weighted by Gasteiger charge is -2.11. The Balaban J connectivity index is 0.00000392. The van der Waals surface area contributed by atoms with E-state index in [0.717, 1.165) is 53.8 Å². The second kappa shape index (κ2) is 13.5. The Hall–Kier alpha value is -1.68. The van der Waals surface area contributed by atoms with Crippen LogP contribution in [0, 0.1) is 6.92 Å². The van der Waals surface area contributed by atoms with Crippen molar-refractivity contribution < 1.29 is 4.79 Å². The van der Waals surface area contributed by atoms with Crippen molar-refractivity contribution in [2.24, 2.45) is 4.99 Å². The molecular weight excluding hydrogens is 485 g/mol. The third-order valence-electron chi connectivity index (χ3n) is 3.79. The highest BCUT2D eigenvalue weighted by Crippen LogP contribution is 2.12. The minimum Gasteiger partial charge on any atom is -0.357 e. The van der Waals surface area contributed by atoms with E-state index in [1.165, 1.54) is 0 Å². The summed E-state index contributed by atoms with van der Waals surface area (Å²) < 4.78 is 0. The molecule has 0 saturated heterocycles. The molecule has 1 aromatic carbocycles.